The summed E-state index contributed by atoms with van der Waals surface area (Å²) >= 11 is 0. The molecule has 2 aliphatic heterocycles. The average molecular weight is 440 g/mol. The minimum Gasteiger partial charge on any atom is -0.355 e. The molecule has 0 aromatic carbocycles. The lowest BCUT2D eigenvalue weighted by Crippen LogP contribution is -2.37. The maximum atomic E-state index is 12.4. The standard InChI is InChI=1S/C24H37N7O/c1-19-21(9-12-24(32)25-13-18-29-14-5-3-6-15-29)20(2)31(28-19)23-11-10-22(26-27-23)30-16-7-4-8-17-30/h10-11H,3-9,12-18H2,1-2H3,(H,25,32). The minimum atomic E-state index is 0.110. The lowest BCUT2D eigenvalue weighted by atomic mass is 10.1. The number of carbonyl (C=O) groups excluding carboxylic acids is 1. The second-order valence-electron chi connectivity index (χ2n) is 9.11. The first-order valence-electron chi connectivity index (χ1n) is 12.2. The molecule has 0 unspecified atom stereocenters. The number of likely N-dealkylation sites (tertiary alicyclic amines) is 1. The molecule has 2 aromatic heterocycles. The molecule has 2 aliphatic rings. The minimum absolute atomic E-state index is 0.110. The zero-order valence-corrected chi connectivity index (χ0v) is 19.6. The fraction of sp³-hybridized carbons (Fsp3) is 0.667. The van der Waals surface area contributed by atoms with E-state index in [4.69, 9.17) is 0 Å². The number of carbonyl (C=O) groups is 1. The van der Waals surface area contributed by atoms with Gasteiger partial charge in [-0.1, -0.05) is 6.42 Å². The van der Waals surface area contributed by atoms with Crippen LogP contribution in [0.1, 0.15) is 61.9 Å². The molecular weight excluding hydrogens is 402 g/mol. The van der Waals surface area contributed by atoms with Gasteiger partial charge in [-0.3, -0.25) is 4.79 Å². The Morgan fingerprint density at radius 3 is 2.28 bits per heavy atom. The summed E-state index contributed by atoms with van der Waals surface area (Å²) in [4.78, 5) is 17.1. The summed E-state index contributed by atoms with van der Waals surface area (Å²) in [5, 5.41) is 16.7. The monoisotopic (exact) mass is 439 g/mol. The molecule has 8 nitrogen and oxygen atoms in total. The van der Waals surface area contributed by atoms with Crippen LogP contribution in [-0.4, -0.2) is 70.1 Å². The van der Waals surface area contributed by atoms with Crippen molar-refractivity contribution in [2.75, 3.05) is 44.2 Å². The number of nitrogens with one attached hydrogen (secondary N) is 1. The quantitative estimate of drug-likeness (QED) is 0.681. The van der Waals surface area contributed by atoms with Gasteiger partial charge >= 0.3 is 0 Å². The average Bonchev–Trinajstić information content (AvgIpc) is 3.12. The second-order valence-corrected chi connectivity index (χ2v) is 9.11. The first kappa shape index (κ1) is 22.7. The van der Waals surface area contributed by atoms with Crippen LogP contribution in [0.3, 0.4) is 0 Å². The molecule has 0 aliphatic carbocycles. The summed E-state index contributed by atoms with van der Waals surface area (Å²) in [5.74, 6) is 1.78. The Bertz CT molecular complexity index is 880. The van der Waals surface area contributed by atoms with Crippen LogP contribution >= 0.6 is 0 Å². The highest BCUT2D eigenvalue weighted by Crippen LogP contribution is 2.21. The summed E-state index contributed by atoms with van der Waals surface area (Å²) in [6.07, 6.45) is 8.80. The molecular formula is C24H37N7O. The lowest BCUT2D eigenvalue weighted by Gasteiger charge is -2.27. The lowest BCUT2D eigenvalue weighted by molar-refractivity contribution is -0.121. The Labute approximate surface area is 191 Å². The van der Waals surface area contributed by atoms with Crippen LogP contribution in [0, 0.1) is 13.8 Å². The van der Waals surface area contributed by atoms with E-state index in [0.717, 1.165) is 67.9 Å². The summed E-state index contributed by atoms with van der Waals surface area (Å²) in [5.41, 5.74) is 3.10. The van der Waals surface area contributed by atoms with Crippen molar-refractivity contribution in [1.82, 2.24) is 30.2 Å². The third-order valence-corrected chi connectivity index (χ3v) is 6.78. The van der Waals surface area contributed by atoms with Crippen LogP contribution in [-0.2, 0) is 11.2 Å². The molecule has 2 fully saturated rings. The fourth-order valence-corrected chi connectivity index (χ4v) is 4.85. The Kier molecular flexibility index (Phi) is 7.73. The van der Waals surface area contributed by atoms with E-state index in [2.05, 4.69) is 30.4 Å². The summed E-state index contributed by atoms with van der Waals surface area (Å²) < 4.78 is 1.85. The van der Waals surface area contributed by atoms with Crippen LogP contribution in [0.2, 0.25) is 0 Å². The Balaban J connectivity index is 1.30. The molecule has 0 spiro atoms. The number of hydrogen-bond donors (Lipinski definition) is 1. The maximum Gasteiger partial charge on any atom is 0.220 e. The SMILES string of the molecule is Cc1nn(-c2ccc(N3CCCCC3)nn2)c(C)c1CCC(=O)NCCN1CCCCC1. The number of piperidine rings is 2. The van der Waals surface area contributed by atoms with E-state index < -0.39 is 0 Å². The van der Waals surface area contributed by atoms with Crippen molar-refractivity contribution in [3.8, 4) is 5.82 Å². The molecule has 2 saturated heterocycles. The van der Waals surface area contributed by atoms with E-state index in [-0.39, 0.29) is 5.91 Å². The first-order valence-corrected chi connectivity index (χ1v) is 12.2. The second kappa shape index (κ2) is 10.9. The Morgan fingerprint density at radius 2 is 1.59 bits per heavy atom. The third-order valence-electron chi connectivity index (χ3n) is 6.78. The largest absolute Gasteiger partial charge is 0.355 e. The predicted octanol–water partition coefficient (Wildman–Crippen LogP) is 2.80. The summed E-state index contributed by atoms with van der Waals surface area (Å²) in [7, 11) is 0. The molecule has 0 bridgehead atoms. The van der Waals surface area contributed by atoms with Gasteiger partial charge in [0.15, 0.2) is 11.6 Å². The van der Waals surface area contributed by atoms with E-state index in [9.17, 15) is 4.79 Å². The normalized spacial score (nSPS) is 17.5. The molecule has 1 N–H and O–H groups in total. The van der Waals surface area contributed by atoms with Crippen molar-refractivity contribution in [2.45, 2.75) is 65.2 Å². The third kappa shape index (κ3) is 5.65. The van der Waals surface area contributed by atoms with E-state index in [1.165, 1.54) is 38.5 Å². The van der Waals surface area contributed by atoms with E-state index in [1.807, 2.05) is 30.7 Å². The highest BCUT2D eigenvalue weighted by atomic mass is 16.1. The predicted molar refractivity (Wildman–Crippen MR) is 126 cm³/mol. The van der Waals surface area contributed by atoms with Crippen molar-refractivity contribution >= 4 is 11.7 Å². The van der Waals surface area contributed by atoms with Gasteiger partial charge in [0.2, 0.25) is 5.91 Å². The molecule has 2 aromatic rings. The number of nitrogens with zero attached hydrogens (tertiary/aromatic N) is 6. The topological polar surface area (TPSA) is 79.2 Å². The Hall–Kier alpha value is -2.48. The van der Waals surface area contributed by atoms with Crippen LogP contribution in [0.25, 0.3) is 5.82 Å². The molecule has 8 heteroatoms. The molecule has 0 saturated carbocycles. The van der Waals surface area contributed by atoms with Gasteiger partial charge in [-0.15, -0.1) is 10.2 Å². The van der Waals surface area contributed by atoms with Gasteiger partial charge in [0, 0.05) is 38.3 Å². The van der Waals surface area contributed by atoms with Crippen LogP contribution in [0.5, 0.6) is 0 Å². The van der Waals surface area contributed by atoms with Crippen molar-refractivity contribution < 1.29 is 4.79 Å². The van der Waals surface area contributed by atoms with Gasteiger partial charge in [0.05, 0.1) is 5.69 Å². The van der Waals surface area contributed by atoms with E-state index >= 15 is 0 Å². The van der Waals surface area contributed by atoms with Gasteiger partial charge < -0.3 is 15.1 Å². The van der Waals surface area contributed by atoms with Crippen LogP contribution in [0.4, 0.5) is 5.82 Å². The van der Waals surface area contributed by atoms with Gasteiger partial charge in [0.1, 0.15) is 0 Å². The van der Waals surface area contributed by atoms with Gasteiger partial charge in [-0.05, 0) is 83.2 Å². The molecule has 32 heavy (non-hydrogen) atoms. The highest BCUT2D eigenvalue weighted by Gasteiger charge is 2.17. The zero-order chi connectivity index (χ0) is 22.3. The van der Waals surface area contributed by atoms with Gasteiger partial charge in [-0.25, -0.2) is 4.68 Å². The van der Waals surface area contributed by atoms with E-state index in [1.54, 1.807) is 0 Å². The molecule has 1 amide bonds. The van der Waals surface area contributed by atoms with Crippen molar-refractivity contribution in [3.05, 3.63) is 29.1 Å². The number of aromatic nitrogens is 4. The van der Waals surface area contributed by atoms with Crippen LogP contribution in [0.15, 0.2) is 12.1 Å². The number of rotatable bonds is 8. The maximum absolute atomic E-state index is 12.4. The summed E-state index contributed by atoms with van der Waals surface area (Å²) in [6, 6.07) is 4.03. The van der Waals surface area contributed by atoms with Crippen molar-refractivity contribution in [2.24, 2.45) is 0 Å². The number of hydrogen-bond acceptors (Lipinski definition) is 6. The summed E-state index contributed by atoms with van der Waals surface area (Å²) in [6.45, 7) is 10.2. The van der Waals surface area contributed by atoms with Gasteiger partial charge in [-0.2, -0.15) is 5.10 Å². The van der Waals surface area contributed by atoms with Crippen molar-refractivity contribution in [1.29, 1.82) is 0 Å². The van der Waals surface area contributed by atoms with Gasteiger partial charge in [0.25, 0.3) is 0 Å². The van der Waals surface area contributed by atoms with Crippen molar-refractivity contribution in [3.63, 3.8) is 0 Å². The fourth-order valence-electron chi connectivity index (χ4n) is 4.85. The highest BCUT2D eigenvalue weighted by molar-refractivity contribution is 5.76. The smallest absolute Gasteiger partial charge is 0.220 e. The molecule has 174 valence electrons. The molecule has 4 rings (SSSR count). The van der Waals surface area contributed by atoms with Crippen LogP contribution < -0.4 is 10.2 Å². The number of aryl methyl sites for hydroxylation is 1. The number of anilines is 1. The molecule has 0 atom stereocenters. The Morgan fingerprint density at radius 1 is 0.938 bits per heavy atom. The number of amides is 1. The van der Waals surface area contributed by atoms with E-state index in [0.29, 0.717) is 12.8 Å². The molecule has 0 radical (unpaired) electrons. The first-order chi connectivity index (χ1) is 15.6. The zero-order valence-electron chi connectivity index (χ0n) is 19.6. The molecule has 4 heterocycles.